The number of carbonyl (C=O) groups excluding carboxylic acids is 3. The highest BCUT2D eigenvalue weighted by Crippen LogP contribution is 2.36. The van der Waals surface area contributed by atoms with E-state index in [1.807, 2.05) is 0 Å². The molecule has 1 N–H and O–H groups in total. The van der Waals surface area contributed by atoms with Crippen molar-refractivity contribution in [3.63, 3.8) is 0 Å². The molecule has 7 heteroatoms. The van der Waals surface area contributed by atoms with Gasteiger partial charge in [0, 0.05) is 7.11 Å². The standard InChI is InChI=1S/C15H18N2O5/c1-15(2)14(20)16-10-6-4-5-7-11(10)17(15)12(18)8-22-13(19)9-21-3/h4-7H,8-9H2,1-3H3,(H,16,20). The van der Waals surface area contributed by atoms with Gasteiger partial charge in [0.25, 0.3) is 5.91 Å². The first-order valence-electron chi connectivity index (χ1n) is 6.76. The summed E-state index contributed by atoms with van der Waals surface area (Å²) in [6.07, 6.45) is 0. The number of ether oxygens (including phenoxy) is 2. The van der Waals surface area contributed by atoms with Gasteiger partial charge in [-0.2, -0.15) is 0 Å². The maximum atomic E-state index is 12.5. The van der Waals surface area contributed by atoms with Gasteiger partial charge in [0.05, 0.1) is 11.4 Å². The zero-order valence-corrected chi connectivity index (χ0v) is 12.7. The zero-order chi connectivity index (χ0) is 16.3. The van der Waals surface area contributed by atoms with Gasteiger partial charge in [0.2, 0.25) is 5.91 Å². The number of para-hydroxylation sites is 2. The Morgan fingerprint density at radius 1 is 1.23 bits per heavy atom. The molecule has 0 fully saturated rings. The van der Waals surface area contributed by atoms with Crippen molar-refractivity contribution in [3.8, 4) is 0 Å². The van der Waals surface area contributed by atoms with Crippen LogP contribution in [0.2, 0.25) is 0 Å². The lowest BCUT2D eigenvalue weighted by atomic mass is 9.96. The van der Waals surface area contributed by atoms with Gasteiger partial charge in [0.1, 0.15) is 12.1 Å². The number of nitrogens with one attached hydrogen (secondary N) is 1. The highest BCUT2D eigenvalue weighted by molar-refractivity contribution is 6.14. The second-order valence-corrected chi connectivity index (χ2v) is 5.35. The van der Waals surface area contributed by atoms with Crippen molar-refractivity contribution >= 4 is 29.2 Å². The minimum Gasteiger partial charge on any atom is -0.454 e. The number of nitrogens with zero attached hydrogens (tertiary/aromatic N) is 1. The van der Waals surface area contributed by atoms with Gasteiger partial charge in [0.15, 0.2) is 6.61 Å². The predicted molar refractivity (Wildman–Crippen MR) is 79.5 cm³/mol. The highest BCUT2D eigenvalue weighted by atomic mass is 16.6. The Morgan fingerprint density at radius 2 is 1.91 bits per heavy atom. The number of carbonyl (C=O) groups is 3. The maximum absolute atomic E-state index is 12.5. The molecule has 1 aliphatic heterocycles. The second-order valence-electron chi connectivity index (χ2n) is 5.35. The number of benzene rings is 1. The van der Waals surface area contributed by atoms with E-state index in [1.54, 1.807) is 38.1 Å². The molecule has 1 heterocycles. The third-order valence-corrected chi connectivity index (χ3v) is 3.38. The third-order valence-electron chi connectivity index (χ3n) is 3.38. The summed E-state index contributed by atoms with van der Waals surface area (Å²) in [4.78, 5) is 37.3. The van der Waals surface area contributed by atoms with Crippen molar-refractivity contribution in [3.05, 3.63) is 24.3 Å². The van der Waals surface area contributed by atoms with Crippen LogP contribution < -0.4 is 10.2 Å². The average molecular weight is 306 g/mol. The van der Waals surface area contributed by atoms with E-state index >= 15 is 0 Å². The topological polar surface area (TPSA) is 84.9 Å². The Hall–Kier alpha value is -2.41. The maximum Gasteiger partial charge on any atom is 0.332 e. The monoisotopic (exact) mass is 306 g/mol. The molecule has 2 amide bonds. The fraction of sp³-hybridized carbons (Fsp3) is 0.400. The summed E-state index contributed by atoms with van der Waals surface area (Å²) in [7, 11) is 1.36. The van der Waals surface area contributed by atoms with Gasteiger partial charge in [-0.15, -0.1) is 0 Å². The van der Waals surface area contributed by atoms with E-state index in [1.165, 1.54) is 12.0 Å². The summed E-state index contributed by atoms with van der Waals surface area (Å²) in [5.74, 6) is -1.41. The molecule has 0 atom stereocenters. The molecule has 0 bridgehead atoms. The number of amides is 2. The summed E-state index contributed by atoms with van der Waals surface area (Å²) >= 11 is 0. The molecule has 0 radical (unpaired) electrons. The van der Waals surface area contributed by atoms with Gasteiger partial charge < -0.3 is 14.8 Å². The Bertz CT molecular complexity index is 612. The van der Waals surface area contributed by atoms with Crippen LogP contribution in [0.4, 0.5) is 11.4 Å². The molecule has 0 unspecified atom stereocenters. The summed E-state index contributed by atoms with van der Waals surface area (Å²) < 4.78 is 9.49. The molecule has 0 saturated carbocycles. The molecule has 0 saturated heterocycles. The molecule has 1 aliphatic rings. The molecule has 0 aliphatic carbocycles. The number of anilines is 2. The van der Waals surface area contributed by atoms with Crippen LogP contribution in [0.1, 0.15) is 13.8 Å². The third kappa shape index (κ3) is 2.94. The van der Waals surface area contributed by atoms with Crippen molar-refractivity contribution in [2.45, 2.75) is 19.4 Å². The minimum absolute atomic E-state index is 0.228. The van der Waals surface area contributed by atoms with Crippen LogP contribution in [0.15, 0.2) is 24.3 Å². The van der Waals surface area contributed by atoms with E-state index in [-0.39, 0.29) is 12.5 Å². The molecule has 7 nitrogen and oxygen atoms in total. The molecule has 22 heavy (non-hydrogen) atoms. The fourth-order valence-electron chi connectivity index (χ4n) is 2.26. The number of rotatable bonds is 4. The fourth-order valence-corrected chi connectivity index (χ4v) is 2.26. The van der Waals surface area contributed by atoms with Crippen LogP contribution in [0.25, 0.3) is 0 Å². The molecular weight excluding hydrogens is 288 g/mol. The van der Waals surface area contributed by atoms with E-state index in [0.29, 0.717) is 11.4 Å². The number of fused-ring (bicyclic) bond motifs is 1. The molecule has 0 spiro atoms. The first-order valence-corrected chi connectivity index (χ1v) is 6.76. The quantitative estimate of drug-likeness (QED) is 0.837. The van der Waals surface area contributed by atoms with Crippen molar-refractivity contribution in [2.75, 3.05) is 30.5 Å². The van der Waals surface area contributed by atoms with Gasteiger partial charge in [-0.3, -0.25) is 14.5 Å². The van der Waals surface area contributed by atoms with E-state index in [0.717, 1.165) is 0 Å². The lowest BCUT2D eigenvalue weighted by Gasteiger charge is -2.41. The molecule has 2 rings (SSSR count). The van der Waals surface area contributed by atoms with Crippen LogP contribution in [0, 0.1) is 0 Å². The number of esters is 1. The van der Waals surface area contributed by atoms with Crippen molar-refractivity contribution in [1.82, 2.24) is 0 Å². The van der Waals surface area contributed by atoms with Gasteiger partial charge >= 0.3 is 5.97 Å². The normalized spacial score (nSPS) is 15.8. The summed E-state index contributed by atoms with van der Waals surface area (Å²) in [5, 5.41) is 2.76. The number of methoxy groups -OCH3 is 1. The van der Waals surface area contributed by atoms with E-state index in [4.69, 9.17) is 4.74 Å². The Kier molecular flexibility index (Phi) is 4.46. The van der Waals surface area contributed by atoms with E-state index in [2.05, 4.69) is 10.1 Å². The second kappa shape index (κ2) is 6.15. The summed E-state index contributed by atoms with van der Waals surface area (Å²) in [6, 6.07) is 6.97. The van der Waals surface area contributed by atoms with Gasteiger partial charge in [-0.1, -0.05) is 12.1 Å². The molecule has 1 aromatic rings. The average Bonchev–Trinajstić information content (AvgIpc) is 2.46. The van der Waals surface area contributed by atoms with E-state index < -0.39 is 24.0 Å². The molecule has 118 valence electrons. The Balaban J connectivity index is 2.25. The van der Waals surface area contributed by atoms with Crippen LogP contribution in [-0.2, 0) is 23.9 Å². The summed E-state index contributed by atoms with van der Waals surface area (Å²) in [6.45, 7) is 2.58. The van der Waals surface area contributed by atoms with Crippen LogP contribution in [-0.4, -0.2) is 43.6 Å². The van der Waals surface area contributed by atoms with Crippen molar-refractivity contribution in [2.24, 2.45) is 0 Å². The predicted octanol–water partition coefficient (Wildman–Crippen LogP) is 0.940. The minimum atomic E-state index is -1.08. The van der Waals surface area contributed by atoms with Crippen LogP contribution in [0.5, 0.6) is 0 Å². The number of hydrogen-bond acceptors (Lipinski definition) is 5. The lowest BCUT2D eigenvalue weighted by molar-refractivity contribution is -0.151. The van der Waals surface area contributed by atoms with Gasteiger partial charge in [-0.25, -0.2) is 4.79 Å². The largest absolute Gasteiger partial charge is 0.454 e. The molecular formula is C15H18N2O5. The first kappa shape index (κ1) is 16.0. The SMILES string of the molecule is COCC(=O)OCC(=O)N1c2ccccc2NC(=O)C1(C)C. The molecule has 1 aromatic carbocycles. The highest BCUT2D eigenvalue weighted by Gasteiger charge is 2.43. The zero-order valence-electron chi connectivity index (χ0n) is 12.7. The Morgan fingerprint density at radius 3 is 2.59 bits per heavy atom. The van der Waals surface area contributed by atoms with Crippen LogP contribution in [0.3, 0.4) is 0 Å². The smallest absolute Gasteiger partial charge is 0.332 e. The lowest BCUT2D eigenvalue weighted by Crippen LogP contribution is -2.59. The Labute approximate surface area is 128 Å². The molecule has 0 aromatic heterocycles. The van der Waals surface area contributed by atoms with Gasteiger partial charge in [-0.05, 0) is 26.0 Å². The van der Waals surface area contributed by atoms with Crippen molar-refractivity contribution in [1.29, 1.82) is 0 Å². The van der Waals surface area contributed by atoms with Crippen LogP contribution >= 0.6 is 0 Å². The van der Waals surface area contributed by atoms with Crippen molar-refractivity contribution < 1.29 is 23.9 Å². The first-order chi connectivity index (χ1) is 10.4. The number of hydrogen-bond donors (Lipinski definition) is 1. The van der Waals surface area contributed by atoms with E-state index in [9.17, 15) is 14.4 Å². The summed E-state index contributed by atoms with van der Waals surface area (Å²) in [5.41, 5.74) is 0.0299.